The lowest BCUT2D eigenvalue weighted by Gasteiger charge is -2.19. The SMILES string of the molecule is COc1ccccc1N1C[C@H](C(=O)NCCNS(=O)(=O)c2ccc(Cl)cc2)CC1=O. The van der Waals surface area contributed by atoms with Gasteiger partial charge in [0, 0.05) is 31.1 Å². The molecule has 0 saturated carbocycles. The molecule has 1 heterocycles. The number of sulfonamides is 1. The summed E-state index contributed by atoms with van der Waals surface area (Å²) in [4.78, 5) is 26.5. The molecule has 0 unspecified atom stereocenters. The Labute approximate surface area is 180 Å². The molecule has 1 aliphatic rings. The van der Waals surface area contributed by atoms with E-state index in [0.717, 1.165) is 0 Å². The van der Waals surface area contributed by atoms with Crippen LogP contribution in [-0.4, -0.2) is 47.0 Å². The third-order valence-electron chi connectivity index (χ3n) is 4.71. The second-order valence-electron chi connectivity index (χ2n) is 6.72. The van der Waals surface area contributed by atoms with E-state index in [1.807, 2.05) is 0 Å². The topological polar surface area (TPSA) is 105 Å². The Morgan fingerprint density at radius 1 is 1.17 bits per heavy atom. The summed E-state index contributed by atoms with van der Waals surface area (Å²) < 4.78 is 32.1. The van der Waals surface area contributed by atoms with Gasteiger partial charge in [0.1, 0.15) is 5.75 Å². The fourth-order valence-corrected chi connectivity index (χ4v) is 4.34. The van der Waals surface area contributed by atoms with Gasteiger partial charge < -0.3 is 15.0 Å². The Morgan fingerprint density at radius 3 is 2.57 bits per heavy atom. The first-order chi connectivity index (χ1) is 14.3. The molecule has 2 N–H and O–H groups in total. The Kier molecular flexibility index (Phi) is 6.96. The molecular weight excluding hydrogens is 430 g/mol. The van der Waals surface area contributed by atoms with Crippen molar-refractivity contribution in [2.75, 3.05) is 31.6 Å². The zero-order chi connectivity index (χ0) is 21.7. The number of nitrogens with one attached hydrogen (secondary N) is 2. The molecule has 2 aromatic carbocycles. The molecule has 0 bridgehead atoms. The third-order valence-corrected chi connectivity index (χ3v) is 6.44. The number of rotatable bonds is 8. The van der Waals surface area contributed by atoms with Crippen molar-refractivity contribution in [1.29, 1.82) is 0 Å². The smallest absolute Gasteiger partial charge is 0.240 e. The monoisotopic (exact) mass is 451 g/mol. The van der Waals surface area contributed by atoms with Gasteiger partial charge in [0.25, 0.3) is 0 Å². The molecule has 1 fully saturated rings. The van der Waals surface area contributed by atoms with Crippen LogP contribution in [0.2, 0.25) is 5.02 Å². The predicted molar refractivity (Wildman–Crippen MR) is 113 cm³/mol. The summed E-state index contributed by atoms with van der Waals surface area (Å²) in [6, 6.07) is 12.9. The molecule has 3 rings (SSSR count). The minimum atomic E-state index is -3.69. The van der Waals surface area contributed by atoms with Gasteiger partial charge in [-0.25, -0.2) is 13.1 Å². The normalized spacial score (nSPS) is 16.5. The summed E-state index contributed by atoms with van der Waals surface area (Å²) in [5.41, 5.74) is 0.621. The van der Waals surface area contributed by atoms with E-state index in [0.29, 0.717) is 16.5 Å². The van der Waals surface area contributed by atoms with E-state index in [4.69, 9.17) is 16.3 Å². The highest BCUT2D eigenvalue weighted by Crippen LogP contribution is 2.32. The van der Waals surface area contributed by atoms with Crippen molar-refractivity contribution in [2.45, 2.75) is 11.3 Å². The number of hydrogen-bond donors (Lipinski definition) is 2. The molecule has 1 saturated heterocycles. The van der Waals surface area contributed by atoms with Gasteiger partial charge in [0.2, 0.25) is 21.8 Å². The van der Waals surface area contributed by atoms with Crippen molar-refractivity contribution in [3.8, 4) is 5.75 Å². The molecular formula is C20H22ClN3O5S. The van der Waals surface area contributed by atoms with E-state index in [1.54, 1.807) is 24.3 Å². The highest BCUT2D eigenvalue weighted by atomic mass is 35.5. The number of benzene rings is 2. The number of methoxy groups -OCH3 is 1. The summed E-state index contributed by atoms with van der Waals surface area (Å²) in [6.45, 7) is 0.361. The van der Waals surface area contributed by atoms with E-state index in [2.05, 4.69) is 10.0 Å². The van der Waals surface area contributed by atoms with Crippen molar-refractivity contribution in [3.05, 3.63) is 53.6 Å². The minimum absolute atomic E-state index is 0.0214. The van der Waals surface area contributed by atoms with E-state index in [-0.39, 0.29) is 42.8 Å². The number of nitrogens with zero attached hydrogens (tertiary/aromatic N) is 1. The largest absolute Gasteiger partial charge is 0.495 e. The minimum Gasteiger partial charge on any atom is -0.495 e. The van der Waals surface area contributed by atoms with Crippen molar-refractivity contribution in [3.63, 3.8) is 0 Å². The molecule has 0 aromatic heterocycles. The third kappa shape index (κ3) is 5.10. The first-order valence-corrected chi connectivity index (χ1v) is 11.1. The highest BCUT2D eigenvalue weighted by molar-refractivity contribution is 7.89. The first kappa shape index (κ1) is 22.1. The maximum absolute atomic E-state index is 12.4. The summed E-state index contributed by atoms with van der Waals surface area (Å²) >= 11 is 5.77. The second kappa shape index (κ2) is 9.46. The Balaban J connectivity index is 1.51. The first-order valence-electron chi connectivity index (χ1n) is 9.28. The number of carbonyl (C=O) groups is 2. The molecule has 2 aromatic rings. The van der Waals surface area contributed by atoms with Gasteiger partial charge in [-0.05, 0) is 36.4 Å². The molecule has 0 aliphatic carbocycles. The molecule has 2 amide bonds. The zero-order valence-corrected chi connectivity index (χ0v) is 17.9. The van der Waals surface area contributed by atoms with E-state index in [9.17, 15) is 18.0 Å². The average Bonchev–Trinajstić information content (AvgIpc) is 3.13. The number of anilines is 1. The van der Waals surface area contributed by atoms with Crippen molar-refractivity contribution >= 4 is 39.1 Å². The van der Waals surface area contributed by atoms with E-state index in [1.165, 1.54) is 36.3 Å². The van der Waals surface area contributed by atoms with Gasteiger partial charge in [0.15, 0.2) is 0 Å². The summed E-state index contributed by atoms with van der Waals surface area (Å²) in [6.07, 6.45) is 0.0837. The molecule has 1 atom stereocenters. The lowest BCUT2D eigenvalue weighted by Crippen LogP contribution is -2.38. The van der Waals surface area contributed by atoms with E-state index >= 15 is 0 Å². The van der Waals surface area contributed by atoms with Gasteiger partial charge in [0.05, 0.1) is 23.6 Å². The van der Waals surface area contributed by atoms with E-state index < -0.39 is 15.9 Å². The molecule has 8 nitrogen and oxygen atoms in total. The van der Waals surface area contributed by atoms with Crippen LogP contribution in [-0.2, 0) is 19.6 Å². The molecule has 0 spiro atoms. The van der Waals surface area contributed by atoms with Gasteiger partial charge in [-0.1, -0.05) is 23.7 Å². The van der Waals surface area contributed by atoms with Crippen LogP contribution in [0.15, 0.2) is 53.4 Å². The molecule has 1 aliphatic heterocycles. The predicted octanol–water partition coefficient (Wildman–Crippen LogP) is 1.80. The fourth-order valence-electron chi connectivity index (χ4n) is 3.18. The quantitative estimate of drug-likeness (QED) is 0.595. The lowest BCUT2D eigenvalue weighted by atomic mass is 10.1. The Morgan fingerprint density at radius 2 is 1.87 bits per heavy atom. The van der Waals surface area contributed by atoms with Crippen LogP contribution in [0.5, 0.6) is 5.75 Å². The van der Waals surface area contributed by atoms with Crippen LogP contribution >= 0.6 is 11.6 Å². The number of halogens is 1. The molecule has 160 valence electrons. The molecule has 10 heteroatoms. The van der Waals surface area contributed by atoms with Crippen LogP contribution < -0.4 is 19.7 Å². The number of amides is 2. The number of carbonyl (C=O) groups excluding carboxylic acids is 2. The van der Waals surface area contributed by atoms with Crippen LogP contribution in [0, 0.1) is 5.92 Å². The number of hydrogen-bond acceptors (Lipinski definition) is 5. The molecule has 30 heavy (non-hydrogen) atoms. The number of ether oxygens (including phenoxy) is 1. The standard InChI is InChI=1S/C20H22ClN3O5S/c1-29-18-5-3-2-4-17(18)24-13-14(12-19(24)25)20(26)22-10-11-23-30(27,28)16-8-6-15(21)7-9-16/h2-9,14,23H,10-13H2,1H3,(H,22,26)/t14-/m1/s1. The fraction of sp³-hybridized carbons (Fsp3) is 0.300. The lowest BCUT2D eigenvalue weighted by molar-refractivity contribution is -0.126. The molecule has 0 radical (unpaired) electrons. The summed E-state index contributed by atoms with van der Waals surface area (Å²) in [5.74, 6) is -0.423. The maximum Gasteiger partial charge on any atom is 0.240 e. The van der Waals surface area contributed by atoms with Gasteiger partial charge in [-0.15, -0.1) is 0 Å². The van der Waals surface area contributed by atoms with Crippen LogP contribution in [0.1, 0.15) is 6.42 Å². The van der Waals surface area contributed by atoms with Crippen molar-refractivity contribution in [1.82, 2.24) is 10.0 Å². The van der Waals surface area contributed by atoms with Crippen molar-refractivity contribution < 1.29 is 22.7 Å². The number of para-hydroxylation sites is 2. The van der Waals surface area contributed by atoms with Gasteiger partial charge in [-0.2, -0.15) is 0 Å². The van der Waals surface area contributed by atoms with Gasteiger partial charge >= 0.3 is 0 Å². The Hall–Kier alpha value is -2.62. The zero-order valence-electron chi connectivity index (χ0n) is 16.3. The highest BCUT2D eigenvalue weighted by Gasteiger charge is 2.36. The maximum atomic E-state index is 12.4. The van der Waals surface area contributed by atoms with Crippen LogP contribution in [0.3, 0.4) is 0 Å². The van der Waals surface area contributed by atoms with Gasteiger partial charge in [-0.3, -0.25) is 9.59 Å². The summed E-state index contributed by atoms with van der Waals surface area (Å²) in [7, 11) is -2.17. The Bertz CT molecular complexity index is 1030. The second-order valence-corrected chi connectivity index (χ2v) is 8.92. The van der Waals surface area contributed by atoms with Crippen LogP contribution in [0.25, 0.3) is 0 Å². The van der Waals surface area contributed by atoms with Crippen molar-refractivity contribution in [2.24, 2.45) is 5.92 Å². The average molecular weight is 452 g/mol. The van der Waals surface area contributed by atoms with Crippen LogP contribution in [0.4, 0.5) is 5.69 Å². The summed E-state index contributed by atoms with van der Waals surface area (Å²) in [5, 5.41) is 3.12.